The zero-order valence-corrected chi connectivity index (χ0v) is 6.83. The molecule has 2 rings (SSSR count). The third-order valence-electron chi connectivity index (χ3n) is 2.19. The van der Waals surface area contributed by atoms with Crippen molar-refractivity contribution >= 4 is 0 Å². The highest BCUT2D eigenvalue weighted by Crippen LogP contribution is 2.21. The Morgan fingerprint density at radius 3 is 3.00 bits per heavy atom. The van der Waals surface area contributed by atoms with E-state index < -0.39 is 0 Å². The number of nitrogens with zero attached hydrogens (tertiary/aromatic N) is 1. The number of hydrogen-bond donors (Lipinski definition) is 2. The fourth-order valence-corrected chi connectivity index (χ4v) is 1.54. The van der Waals surface area contributed by atoms with Crippen molar-refractivity contribution in [3.8, 4) is 5.75 Å². The molecule has 2 heterocycles. The highest BCUT2D eigenvalue weighted by molar-refractivity contribution is 5.20. The first-order valence-corrected chi connectivity index (χ1v) is 4.24. The minimum atomic E-state index is 0.233. The SMILES string of the molecule is Oc1ccc(C2CCCN2)nc1. The zero-order valence-electron chi connectivity index (χ0n) is 6.83. The van der Waals surface area contributed by atoms with Crippen LogP contribution in [0.3, 0.4) is 0 Å². The second-order valence-electron chi connectivity index (χ2n) is 3.09. The Bertz CT molecular complexity index is 252. The van der Waals surface area contributed by atoms with E-state index in [1.165, 1.54) is 12.6 Å². The van der Waals surface area contributed by atoms with E-state index in [0.717, 1.165) is 18.7 Å². The highest BCUT2D eigenvalue weighted by atomic mass is 16.3. The van der Waals surface area contributed by atoms with Crippen molar-refractivity contribution in [1.82, 2.24) is 10.3 Å². The Morgan fingerprint density at radius 2 is 2.42 bits per heavy atom. The minimum Gasteiger partial charge on any atom is -0.506 e. The summed E-state index contributed by atoms with van der Waals surface area (Å²) < 4.78 is 0. The highest BCUT2D eigenvalue weighted by Gasteiger charge is 2.16. The van der Waals surface area contributed by atoms with Crippen molar-refractivity contribution in [3.63, 3.8) is 0 Å². The summed E-state index contributed by atoms with van der Waals surface area (Å²) in [5.41, 5.74) is 1.03. The number of hydrogen-bond acceptors (Lipinski definition) is 3. The van der Waals surface area contributed by atoms with Crippen LogP contribution in [0.25, 0.3) is 0 Å². The lowest BCUT2D eigenvalue weighted by Crippen LogP contribution is -2.13. The molecule has 1 atom stereocenters. The summed E-state index contributed by atoms with van der Waals surface area (Å²) in [5.74, 6) is 0.233. The van der Waals surface area contributed by atoms with Gasteiger partial charge in [0.15, 0.2) is 0 Å². The average Bonchev–Trinajstić information content (AvgIpc) is 2.58. The summed E-state index contributed by atoms with van der Waals surface area (Å²) in [7, 11) is 0. The quantitative estimate of drug-likeness (QED) is 0.655. The van der Waals surface area contributed by atoms with E-state index in [1.54, 1.807) is 6.07 Å². The van der Waals surface area contributed by atoms with E-state index in [1.807, 2.05) is 6.07 Å². The van der Waals surface area contributed by atoms with Gasteiger partial charge in [0, 0.05) is 6.04 Å². The van der Waals surface area contributed by atoms with Crippen molar-refractivity contribution in [1.29, 1.82) is 0 Å². The summed E-state index contributed by atoms with van der Waals surface area (Å²) in [5, 5.41) is 12.4. The molecule has 1 saturated heterocycles. The molecule has 1 fully saturated rings. The fraction of sp³-hybridized carbons (Fsp3) is 0.444. The molecule has 64 valence electrons. The lowest BCUT2D eigenvalue weighted by molar-refractivity contribution is 0.471. The van der Waals surface area contributed by atoms with E-state index in [4.69, 9.17) is 5.11 Å². The molecule has 2 N–H and O–H groups in total. The molecule has 3 nitrogen and oxygen atoms in total. The smallest absolute Gasteiger partial charge is 0.133 e. The number of aromatic hydroxyl groups is 1. The van der Waals surface area contributed by atoms with Crippen LogP contribution in [-0.4, -0.2) is 16.6 Å². The molecule has 12 heavy (non-hydrogen) atoms. The van der Waals surface area contributed by atoms with E-state index in [9.17, 15) is 0 Å². The van der Waals surface area contributed by atoms with Crippen molar-refractivity contribution in [2.75, 3.05) is 6.54 Å². The van der Waals surface area contributed by atoms with E-state index in [2.05, 4.69) is 10.3 Å². The largest absolute Gasteiger partial charge is 0.506 e. The molecular weight excluding hydrogens is 152 g/mol. The molecule has 1 aliphatic heterocycles. The molecule has 0 bridgehead atoms. The molecule has 0 aliphatic carbocycles. The topological polar surface area (TPSA) is 45.1 Å². The van der Waals surface area contributed by atoms with Gasteiger partial charge in [-0.15, -0.1) is 0 Å². The Balaban J connectivity index is 2.17. The van der Waals surface area contributed by atoms with Crippen molar-refractivity contribution in [2.45, 2.75) is 18.9 Å². The summed E-state index contributed by atoms with van der Waals surface area (Å²) >= 11 is 0. The Morgan fingerprint density at radius 1 is 1.50 bits per heavy atom. The van der Waals surface area contributed by atoms with Gasteiger partial charge in [0.1, 0.15) is 5.75 Å². The van der Waals surface area contributed by atoms with Crippen molar-refractivity contribution < 1.29 is 5.11 Å². The second kappa shape index (κ2) is 3.11. The number of rotatable bonds is 1. The molecule has 1 unspecified atom stereocenters. The van der Waals surface area contributed by atoms with Crippen LogP contribution in [0.15, 0.2) is 18.3 Å². The van der Waals surface area contributed by atoms with E-state index in [-0.39, 0.29) is 5.75 Å². The van der Waals surface area contributed by atoms with Crippen LogP contribution >= 0.6 is 0 Å². The molecule has 0 radical (unpaired) electrons. The summed E-state index contributed by atoms with van der Waals surface area (Å²) in [6.07, 6.45) is 3.86. The Labute approximate surface area is 71.4 Å². The molecule has 0 saturated carbocycles. The first-order chi connectivity index (χ1) is 5.86. The minimum absolute atomic E-state index is 0.233. The molecule has 3 heteroatoms. The molecule has 1 aliphatic rings. The van der Waals surface area contributed by atoms with Crippen molar-refractivity contribution in [2.24, 2.45) is 0 Å². The number of pyridine rings is 1. The Hall–Kier alpha value is -1.09. The van der Waals surface area contributed by atoms with E-state index >= 15 is 0 Å². The first-order valence-electron chi connectivity index (χ1n) is 4.24. The van der Waals surface area contributed by atoms with Gasteiger partial charge in [0.05, 0.1) is 11.9 Å². The monoisotopic (exact) mass is 164 g/mol. The van der Waals surface area contributed by atoms with Gasteiger partial charge in [-0.1, -0.05) is 0 Å². The number of aromatic nitrogens is 1. The molecule has 0 amide bonds. The third-order valence-corrected chi connectivity index (χ3v) is 2.19. The van der Waals surface area contributed by atoms with Crippen LogP contribution in [0.5, 0.6) is 5.75 Å². The second-order valence-corrected chi connectivity index (χ2v) is 3.09. The van der Waals surface area contributed by atoms with Crippen LogP contribution in [0, 0.1) is 0 Å². The maximum Gasteiger partial charge on any atom is 0.133 e. The van der Waals surface area contributed by atoms with Crippen LogP contribution in [-0.2, 0) is 0 Å². The average molecular weight is 164 g/mol. The third kappa shape index (κ3) is 1.41. The van der Waals surface area contributed by atoms with Crippen LogP contribution < -0.4 is 5.32 Å². The van der Waals surface area contributed by atoms with Crippen LogP contribution in [0.4, 0.5) is 0 Å². The standard InChI is InChI=1S/C9H12N2O/c12-7-3-4-9(11-6-7)8-2-1-5-10-8/h3-4,6,8,10,12H,1-2,5H2. The number of nitrogens with one attached hydrogen (secondary N) is 1. The van der Waals surface area contributed by atoms with Crippen LogP contribution in [0.1, 0.15) is 24.6 Å². The maximum absolute atomic E-state index is 9.02. The molecule has 1 aromatic rings. The van der Waals surface area contributed by atoms with E-state index in [0.29, 0.717) is 6.04 Å². The van der Waals surface area contributed by atoms with Crippen LogP contribution in [0.2, 0.25) is 0 Å². The fourth-order valence-electron chi connectivity index (χ4n) is 1.54. The molecular formula is C9H12N2O. The van der Waals surface area contributed by atoms with Gasteiger partial charge in [-0.05, 0) is 31.5 Å². The molecule has 0 spiro atoms. The lowest BCUT2D eigenvalue weighted by Gasteiger charge is -2.08. The van der Waals surface area contributed by atoms with Gasteiger partial charge in [-0.2, -0.15) is 0 Å². The zero-order chi connectivity index (χ0) is 8.39. The van der Waals surface area contributed by atoms with Gasteiger partial charge >= 0.3 is 0 Å². The predicted molar refractivity (Wildman–Crippen MR) is 45.9 cm³/mol. The Kier molecular flexibility index (Phi) is 1.96. The lowest BCUT2D eigenvalue weighted by atomic mass is 10.1. The molecule has 0 aromatic carbocycles. The summed E-state index contributed by atoms with van der Waals surface area (Å²) in [6, 6.07) is 3.95. The maximum atomic E-state index is 9.02. The van der Waals surface area contributed by atoms with Gasteiger partial charge < -0.3 is 10.4 Å². The predicted octanol–water partition coefficient (Wildman–Crippen LogP) is 1.21. The summed E-state index contributed by atoms with van der Waals surface area (Å²) in [6.45, 7) is 1.08. The summed E-state index contributed by atoms with van der Waals surface area (Å²) in [4.78, 5) is 4.15. The first kappa shape index (κ1) is 7.55. The van der Waals surface area contributed by atoms with Gasteiger partial charge in [-0.25, -0.2) is 0 Å². The van der Waals surface area contributed by atoms with Gasteiger partial charge in [0.25, 0.3) is 0 Å². The normalized spacial score (nSPS) is 22.8. The molecule has 1 aromatic heterocycles. The van der Waals surface area contributed by atoms with Gasteiger partial charge in [-0.3, -0.25) is 4.98 Å². The van der Waals surface area contributed by atoms with Gasteiger partial charge in [0.2, 0.25) is 0 Å². The van der Waals surface area contributed by atoms with Crippen molar-refractivity contribution in [3.05, 3.63) is 24.0 Å².